The van der Waals surface area contributed by atoms with Gasteiger partial charge in [0, 0.05) is 5.56 Å². The molecule has 17 heavy (non-hydrogen) atoms. The summed E-state index contributed by atoms with van der Waals surface area (Å²) in [7, 11) is 1.56. The summed E-state index contributed by atoms with van der Waals surface area (Å²) in [6.07, 6.45) is 0. The zero-order valence-electron chi connectivity index (χ0n) is 9.93. The molecule has 0 aromatic heterocycles. The largest absolute Gasteiger partial charge is 0.491 e. The van der Waals surface area contributed by atoms with Crippen LogP contribution in [0, 0.1) is 0 Å². The highest BCUT2D eigenvalue weighted by atomic mass is 16.5. The van der Waals surface area contributed by atoms with Gasteiger partial charge in [-0.15, -0.1) is 0 Å². The standard InChI is InChI=1S/C12H17NO4/c1-12(13-2,11(15)16)8-17-10-6-4-3-5-9(10)7-14/h3-6,13-14H,7-8H2,1-2H3,(H,15,16). The molecule has 94 valence electrons. The third kappa shape index (κ3) is 3.18. The van der Waals surface area contributed by atoms with Crippen molar-refractivity contribution in [3.8, 4) is 5.75 Å². The number of para-hydroxylation sites is 1. The summed E-state index contributed by atoms with van der Waals surface area (Å²) in [6, 6.07) is 6.98. The number of nitrogens with one attached hydrogen (secondary N) is 1. The average molecular weight is 239 g/mol. The number of ether oxygens (including phenoxy) is 1. The molecule has 5 heteroatoms. The third-order valence-electron chi connectivity index (χ3n) is 2.68. The molecule has 0 aliphatic heterocycles. The predicted octanol–water partition coefficient (Wildman–Crippen LogP) is 0.620. The zero-order valence-corrected chi connectivity index (χ0v) is 9.93. The first-order chi connectivity index (χ1) is 8.03. The fraction of sp³-hybridized carbons (Fsp3) is 0.417. The number of rotatable bonds is 6. The number of aliphatic hydroxyl groups is 1. The Morgan fingerprint density at radius 3 is 2.65 bits per heavy atom. The van der Waals surface area contributed by atoms with Gasteiger partial charge in [-0.3, -0.25) is 4.79 Å². The van der Waals surface area contributed by atoms with Crippen LogP contribution in [-0.4, -0.2) is 35.4 Å². The lowest BCUT2D eigenvalue weighted by Gasteiger charge is -2.24. The molecule has 0 fully saturated rings. The number of carbonyl (C=O) groups is 1. The molecular formula is C12H17NO4. The Balaban J connectivity index is 2.76. The van der Waals surface area contributed by atoms with Gasteiger partial charge in [-0.05, 0) is 20.0 Å². The van der Waals surface area contributed by atoms with E-state index in [0.29, 0.717) is 11.3 Å². The molecule has 0 spiro atoms. The van der Waals surface area contributed by atoms with E-state index >= 15 is 0 Å². The molecular weight excluding hydrogens is 222 g/mol. The van der Waals surface area contributed by atoms with Gasteiger partial charge in [-0.25, -0.2) is 0 Å². The second kappa shape index (κ2) is 5.65. The lowest BCUT2D eigenvalue weighted by Crippen LogP contribution is -2.52. The maximum absolute atomic E-state index is 11.0. The van der Waals surface area contributed by atoms with Crippen molar-refractivity contribution in [2.75, 3.05) is 13.7 Å². The van der Waals surface area contributed by atoms with Gasteiger partial charge >= 0.3 is 5.97 Å². The molecule has 0 saturated carbocycles. The lowest BCUT2D eigenvalue weighted by atomic mass is 10.1. The second-order valence-corrected chi connectivity index (χ2v) is 3.94. The number of carboxylic acids is 1. The first-order valence-electron chi connectivity index (χ1n) is 5.27. The quantitative estimate of drug-likeness (QED) is 0.678. The number of carboxylic acid groups (broad SMARTS) is 1. The summed E-state index contributed by atoms with van der Waals surface area (Å²) in [6.45, 7) is 1.38. The average Bonchev–Trinajstić information content (AvgIpc) is 2.36. The normalized spacial score (nSPS) is 14.1. The van der Waals surface area contributed by atoms with E-state index in [1.807, 2.05) is 0 Å². The number of hydrogen-bond donors (Lipinski definition) is 3. The number of aliphatic carboxylic acids is 1. The van der Waals surface area contributed by atoms with Crippen LogP contribution >= 0.6 is 0 Å². The van der Waals surface area contributed by atoms with Crippen LogP contribution in [0.3, 0.4) is 0 Å². The molecule has 1 atom stereocenters. The highest BCUT2D eigenvalue weighted by molar-refractivity contribution is 5.78. The first kappa shape index (κ1) is 13.5. The minimum absolute atomic E-state index is 0.0180. The first-order valence-corrected chi connectivity index (χ1v) is 5.27. The van der Waals surface area contributed by atoms with E-state index in [4.69, 9.17) is 14.9 Å². The van der Waals surface area contributed by atoms with E-state index in [-0.39, 0.29) is 13.2 Å². The summed E-state index contributed by atoms with van der Waals surface area (Å²) in [4.78, 5) is 11.0. The molecule has 0 radical (unpaired) electrons. The van der Waals surface area contributed by atoms with E-state index in [1.54, 1.807) is 31.3 Å². The van der Waals surface area contributed by atoms with Crippen LogP contribution in [0.5, 0.6) is 5.75 Å². The second-order valence-electron chi connectivity index (χ2n) is 3.94. The number of hydrogen-bond acceptors (Lipinski definition) is 4. The van der Waals surface area contributed by atoms with Gasteiger partial charge in [0.1, 0.15) is 17.9 Å². The fourth-order valence-corrected chi connectivity index (χ4v) is 1.24. The monoisotopic (exact) mass is 239 g/mol. The van der Waals surface area contributed by atoms with Gasteiger partial charge in [-0.2, -0.15) is 0 Å². The van der Waals surface area contributed by atoms with Crippen LogP contribution < -0.4 is 10.1 Å². The maximum atomic E-state index is 11.0. The number of likely N-dealkylation sites (N-methyl/N-ethyl adjacent to an activating group) is 1. The van der Waals surface area contributed by atoms with Crippen LogP contribution in [-0.2, 0) is 11.4 Å². The van der Waals surface area contributed by atoms with Crippen molar-refractivity contribution in [2.24, 2.45) is 0 Å². The predicted molar refractivity (Wildman–Crippen MR) is 63.0 cm³/mol. The zero-order chi connectivity index (χ0) is 12.9. The van der Waals surface area contributed by atoms with E-state index in [9.17, 15) is 4.79 Å². The topological polar surface area (TPSA) is 78.8 Å². The van der Waals surface area contributed by atoms with Gasteiger partial charge in [0.25, 0.3) is 0 Å². The highest BCUT2D eigenvalue weighted by Gasteiger charge is 2.32. The fourth-order valence-electron chi connectivity index (χ4n) is 1.24. The molecule has 1 aromatic carbocycles. The Labute approximate surface area is 100 Å². The molecule has 1 rings (SSSR count). The number of aliphatic hydroxyl groups excluding tert-OH is 1. The number of benzene rings is 1. The minimum atomic E-state index is -1.15. The van der Waals surface area contributed by atoms with Crippen molar-refractivity contribution in [3.63, 3.8) is 0 Å². The minimum Gasteiger partial charge on any atom is -0.491 e. The molecule has 5 nitrogen and oxygen atoms in total. The lowest BCUT2D eigenvalue weighted by molar-refractivity contribution is -0.145. The van der Waals surface area contributed by atoms with Crippen LogP contribution in [0.4, 0.5) is 0 Å². The maximum Gasteiger partial charge on any atom is 0.327 e. The molecule has 0 bridgehead atoms. The Bertz CT molecular complexity index is 394. The van der Waals surface area contributed by atoms with Crippen molar-refractivity contribution in [2.45, 2.75) is 19.1 Å². The van der Waals surface area contributed by atoms with E-state index in [1.165, 1.54) is 6.92 Å². The molecule has 0 aliphatic carbocycles. The van der Waals surface area contributed by atoms with E-state index in [2.05, 4.69) is 5.32 Å². The van der Waals surface area contributed by atoms with Gasteiger partial charge in [-0.1, -0.05) is 18.2 Å². The van der Waals surface area contributed by atoms with Gasteiger partial charge in [0.2, 0.25) is 0 Å². The summed E-state index contributed by atoms with van der Waals surface area (Å²) in [5, 5.41) is 20.8. The summed E-state index contributed by atoms with van der Waals surface area (Å²) in [5.74, 6) is -0.487. The molecule has 0 aliphatic rings. The molecule has 0 heterocycles. The van der Waals surface area contributed by atoms with Crippen LogP contribution in [0.1, 0.15) is 12.5 Å². The van der Waals surface area contributed by atoms with Crippen molar-refractivity contribution >= 4 is 5.97 Å². The highest BCUT2D eigenvalue weighted by Crippen LogP contribution is 2.19. The SMILES string of the molecule is CNC(C)(COc1ccccc1CO)C(=O)O. The van der Waals surface area contributed by atoms with Gasteiger partial charge in [0.05, 0.1) is 6.61 Å². The van der Waals surface area contributed by atoms with Crippen molar-refractivity contribution in [1.82, 2.24) is 5.32 Å². The van der Waals surface area contributed by atoms with Crippen LogP contribution in [0.15, 0.2) is 24.3 Å². The van der Waals surface area contributed by atoms with Crippen molar-refractivity contribution < 1.29 is 19.7 Å². The van der Waals surface area contributed by atoms with Crippen LogP contribution in [0.25, 0.3) is 0 Å². The summed E-state index contributed by atoms with van der Waals surface area (Å²) >= 11 is 0. The Kier molecular flexibility index (Phi) is 4.48. The summed E-state index contributed by atoms with van der Waals surface area (Å²) in [5.41, 5.74) is -0.515. The van der Waals surface area contributed by atoms with Gasteiger partial charge < -0.3 is 20.3 Å². The van der Waals surface area contributed by atoms with Gasteiger partial charge in [0.15, 0.2) is 0 Å². The Morgan fingerprint density at radius 1 is 1.47 bits per heavy atom. The van der Waals surface area contributed by atoms with E-state index in [0.717, 1.165) is 0 Å². The summed E-state index contributed by atoms with van der Waals surface area (Å²) < 4.78 is 5.44. The Morgan fingerprint density at radius 2 is 2.12 bits per heavy atom. The van der Waals surface area contributed by atoms with Crippen LogP contribution in [0.2, 0.25) is 0 Å². The van der Waals surface area contributed by atoms with E-state index < -0.39 is 11.5 Å². The smallest absolute Gasteiger partial charge is 0.327 e. The molecule has 3 N–H and O–H groups in total. The van der Waals surface area contributed by atoms with Crippen molar-refractivity contribution in [3.05, 3.63) is 29.8 Å². The molecule has 0 saturated heterocycles. The van der Waals surface area contributed by atoms with Crippen molar-refractivity contribution in [1.29, 1.82) is 0 Å². The molecule has 0 amide bonds. The molecule has 1 unspecified atom stereocenters. The Hall–Kier alpha value is -1.59. The molecule has 1 aromatic rings. The third-order valence-corrected chi connectivity index (χ3v) is 2.68.